The van der Waals surface area contributed by atoms with E-state index in [2.05, 4.69) is 9.97 Å². The fraction of sp³-hybridized carbons (Fsp3) is 0.118. The van der Waals surface area contributed by atoms with Crippen LogP contribution in [0.4, 0.5) is 10.3 Å². The van der Waals surface area contributed by atoms with Gasteiger partial charge in [-0.1, -0.05) is 12.1 Å². The van der Waals surface area contributed by atoms with Gasteiger partial charge in [0.1, 0.15) is 5.82 Å². The van der Waals surface area contributed by atoms with Crippen LogP contribution in [0.15, 0.2) is 53.6 Å². The van der Waals surface area contributed by atoms with Crippen molar-refractivity contribution in [3.8, 4) is 22.4 Å². The summed E-state index contributed by atoms with van der Waals surface area (Å²) in [5, 5.41) is 0. The van der Waals surface area contributed by atoms with Crippen LogP contribution in [0.25, 0.3) is 22.4 Å². The molecule has 1 aromatic carbocycles. The van der Waals surface area contributed by atoms with Crippen molar-refractivity contribution < 1.29 is 4.39 Å². The number of aromatic nitrogens is 3. The van der Waals surface area contributed by atoms with E-state index in [0.29, 0.717) is 28.9 Å². The molecule has 23 heavy (non-hydrogen) atoms. The second-order valence-electron chi connectivity index (χ2n) is 4.99. The van der Waals surface area contributed by atoms with Crippen LogP contribution in [0.5, 0.6) is 0 Å². The zero-order valence-electron chi connectivity index (χ0n) is 12.5. The van der Waals surface area contributed by atoms with Crippen molar-refractivity contribution in [3.05, 3.63) is 65.0 Å². The van der Waals surface area contributed by atoms with Gasteiger partial charge in [0.2, 0.25) is 5.95 Å². The fourth-order valence-corrected chi connectivity index (χ4v) is 2.50. The Morgan fingerprint density at radius 1 is 1.17 bits per heavy atom. The molecule has 116 valence electrons. The van der Waals surface area contributed by atoms with E-state index < -0.39 is 5.82 Å². The standard InChI is InChI=1S/C17H15FN4O/c1-2-22-16(23)14(11-6-8-20-9-7-11)15(21-17(22)19)12-4-3-5-13(18)10-12/h3-10H,2H2,1H3,(H2,19,21). The Labute approximate surface area is 132 Å². The first-order valence-corrected chi connectivity index (χ1v) is 7.18. The quantitative estimate of drug-likeness (QED) is 0.807. The third kappa shape index (κ3) is 2.70. The molecule has 0 radical (unpaired) electrons. The molecular weight excluding hydrogens is 295 g/mol. The Kier molecular flexibility index (Phi) is 3.89. The molecule has 2 aromatic heterocycles. The van der Waals surface area contributed by atoms with E-state index in [1.54, 1.807) is 36.7 Å². The van der Waals surface area contributed by atoms with Crippen LogP contribution in [-0.2, 0) is 6.54 Å². The van der Waals surface area contributed by atoms with Gasteiger partial charge in [-0.3, -0.25) is 14.3 Å². The number of pyridine rings is 1. The van der Waals surface area contributed by atoms with Crippen LogP contribution >= 0.6 is 0 Å². The maximum Gasteiger partial charge on any atom is 0.263 e. The van der Waals surface area contributed by atoms with Crippen LogP contribution in [0.3, 0.4) is 0 Å². The SMILES string of the molecule is CCn1c(N)nc(-c2cccc(F)c2)c(-c2ccncc2)c1=O. The van der Waals surface area contributed by atoms with Gasteiger partial charge in [-0.25, -0.2) is 9.37 Å². The van der Waals surface area contributed by atoms with Crippen molar-refractivity contribution in [2.75, 3.05) is 5.73 Å². The molecule has 0 aliphatic carbocycles. The Morgan fingerprint density at radius 3 is 2.57 bits per heavy atom. The minimum absolute atomic E-state index is 0.106. The summed E-state index contributed by atoms with van der Waals surface area (Å²) in [6.45, 7) is 2.22. The second kappa shape index (κ2) is 6.00. The first-order chi connectivity index (χ1) is 11.1. The number of rotatable bonds is 3. The summed E-state index contributed by atoms with van der Waals surface area (Å²) >= 11 is 0. The molecule has 0 saturated carbocycles. The Balaban J connectivity index is 2.37. The minimum Gasteiger partial charge on any atom is -0.369 e. The maximum absolute atomic E-state index is 13.6. The highest BCUT2D eigenvalue weighted by atomic mass is 19.1. The lowest BCUT2D eigenvalue weighted by Gasteiger charge is -2.14. The maximum atomic E-state index is 13.6. The van der Waals surface area contributed by atoms with Gasteiger partial charge in [0.25, 0.3) is 5.56 Å². The molecule has 0 spiro atoms. The van der Waals surface area contributed by atoms with Crippen molar-refractivity contribution in [1.82, 2.24) is 14.5 Å². The van der Waals surface area contributed by atoms with Gasteiger partial charge in [0.15, 0.2) is 0 Å². The summed E-state index contributed by atoms with van der Waals surface area (Å²) < 4.78 is 15.0. The van der Waals surface area contributed by atoms with E-state index in [1.807, 2.05) is 6.92 Å². The highest BCUT2D eigenvalue weighted by molar-refractivity contribution is 5.80. The van der Waals surface area contributed by atoms with Crippen LogP contribution in [0, 0.1) is 5.82 Å². The summed E-state index contributed by atoms with van der Waals surface area (Å²) in [5.74, 6) is -0.294. The topological polar surface area (TPSA) is 73.8 Å². The van der Waals surface area contributed by atoms with Crippen molar-refractivity contribution >= 4 is 5.95 Å². The minimum atomic E-state index is -0.400. The molecule has 0 unspecified atom stereocenters. The molecule has 0 amide bonds. The summed E-state index contributed by atoms with van der Waals surface area (Å²) in [6.07, 6.45) is 3.19. The molecule has 2 heterocycles. The zero-order valence-corrected chi connectivity index (χ0v) is 12.5. The van der Waals surface area contributed by atoms with E-state index >= 15 is 0 Å². The van der Waals surface area contributed by atoms with Gasteiger partial charge in [-0.2, -0.15) is 0 Å². The van der Waals surface area contributed by atoms with Crippen molar-refractivity contribution in [2.24, 2.45) is 0 Å². The zero-order chi connectivity index (χ0) is 16.4. The largest absolute Gasteiger partial charge is 0.369 e. The highest BCUT2D eigenvalue weighted by Crippen LogP contribution is 2.28. The summed E-state index contributed by atoms with van der Waals surface area (Å²) in [4.78, 5) is 21.1. The van der Waals surface area contributed by atoms with Gasteiger partial charge in [0.05, 0.1) is 11.3 Å². The number of benzene rings is 1. The van der Waals surface area contributed by atoms with Crippen molar-refractivity contribution in [1.29, 1.82) is 0 Å². The predicted octanol–water partition coefficient (Wildman–Crippen LogP) is 2.71. The fourth-order valence-electron chi connectivity index (χ4n) is 2.50. The third-order valence-electron chi connectivity index (χ3n) is 3.58. The van der Waals surface area contributed by atoms with Crippen LogP contribution in [0.2, 0.25) is 0 Å². The number of nitrogens with zero attached hydrogens (tertiary/aromatic N) is 3. The number of anilines is 1. The molecule has 3 rings (SSSR count). The smallest absolute Gasteiger partial charge is 0.263 e. The Hall–Kier alpha value is -3.02. The molecule has 0 bridgehead atoms. The predicted molar refractivity (Wildman–Crippen MR) is 87.2 cm³/mol. The molecule has 0 fully saturated rings. The van der Waals surface area contributed by atoms with Crippen molar-refractivity contribution in [2.45, 2.75) is 13.5 Å². The highest BCUT2D eigenvalue weighted by Gasteiger charge is 2.18. The van der Waals surface area contributed by atoms with Gasteiger partial charge < -0.3 is 5.73 Å². The number of hydrogen-bond donors (Lipinski definition) is 1. The normalized spacial score (nSPS) is 10.7. The van der Waals surface area contributed by atoms with Gasteiger partial charge in [0, 0.05) is 24.5 Å². The van der Waals surface area contributed by atoms with Crippen LogP contribution in [0.1, 0.15) is 6.92 Å². The first kappa shape index (κ1) is 14.9. The molecule has 0 saturated heterocycles. The first-order valence-electron chi connectivity index (χ1n) is 7.18. The van der Waals surface area contributed by atoms with Crippen LogP contribution in [-0.4, -0.2) is 14.5 Å². The Bertz CT molecular complexity index is 906. The lowest BCUT2D eigenvalue weighted by Crippen LogP contribution is -2.26. The molecule has 5 nitrogen and oxygen atoms in total. The molecule has 6 heteroatoms. The second-order valence-corrected chi connectivity index (χ2v) is 4.99. The number of halogens is 1. The summed E-state index contributed by atoms with van der Waals surface area (Å²) in [5.41, 5.74) is 7.56. The van der Waals surface area contributed by atoms with E-state index in [1.165, 1.54) is 16.7 Å². The van der Waals surface area contributed by atoms with Crippen molar-refractivity contribution in [3.63, 3.8) is 0 Å². The third-order valence-corrected chi connectivity index (χ3v) is 3.58. The molecular formula is C17H15FN4O. The monoisotopic (exact) mass is 310 g/mol. The molecule has 2 N–H and O–H groups in total. The summed E-state index contributed by atoms with van der Waals surface area (Å²) in [6, 6.07) is 9.39. The molecule has 0 aliphatic rings. The number of hydrogen-bond acceptors (Lipinski definition) is 4. The summed E-state index contributed by atoms with van der Waals surface area (Å²) in [7, 11) is 0. The Morgan fingerprint density at radius 2 is 1.91 bits per heavy atom. The van der Waals surface area contributed by atoms with E-state index in [9.17, 15) is 9.18 Å². The molecule has 3 aromatic rings. The van der Waals surface area contributed by atoms with E-state index in [4.69, 9.17) is 5.73 Å². The molecule has 0 atom stereocenters. The van der Waals surface area contributed by atoms with E-state index in [0.717, 1.165) is 0 Å². The van der Waals surface area contributed by atoms with E-state index in [-0.39, 0.29) is 11.5 Å². The molecule has 0 aliphatic heterocycles. The average molecular weight is 310 g/mol. The number of nitrogen functional groups attached to an aromatic ring is 1. The average Bonchev–Trinajstić information content (AvgIpc) is 2.55. The van der Waals surface area contributed by atoms with Gasteiger partial charge >= 0.3 is 0 Å². The van der Waals surface area contributed by atoms with Gasteiger partial charge in [-0.05, 0) is 36.8 Å². The lowest BCUT2D eigenvalue weighted by atomic mass is 10.0. The lowest BCUT2D eigenvalue weighted by molar-refractivity contribution is 0.628. The van der Waals surface area contributed by atoms with Gasteiger partial charge in [-0.15, -0.1) is 0 Å². The van der Waals surface area contributed by atoms with Crippen LogP contribution < -0.4 is 11.3 Å². The number of nitrogens with two attached hydrogens (primary N) is 1.